The summed E-state index contributed by atoms with van der Waals surface area (Å²) in [5.41, 5.74) is -0.261. The third kappa shape index (κ3) is 4.01. The number of nitrogens with zero attached hydrogens (tertiary/aromatic N) is 2. The Morgan fingerprint density at radius 3 is 2.73 bits per heavy atom. The summed E-state index contributed by atoms with van der Waals surface area (Å²) in [4.78, 5) is 27.8. The molecule has 1 aliphatic rings. The molecular formula is C18H21N3O5. The third-order valence-corrected chi connectivity index (χ3v) is 4.47. The second kappa shape index (κ2) is 7.55. The number of ether oxygens (including phenoxy) is 1. The zero-order valence-corrected chi connectivity index (χ0v) is 14.5. The second-order valence-corrected chi connectivity index (χ2v) is 6.44. The Morgan fingerprint density at radius 1 is 1.31 bits per heavy atom. The van der Waals surface area contributed by atoms with Crippen LogP contribution in [0.4, 0.5) is 0 Å². The Kier molecular flexibility index (Phi) is 5.20. The molecule has 26 heavy (non-hydrogen) atoms. The number of benzene rings is 1. The quantitative estimate of drug-likeness (QED) is 0.814. The molecule has 0 unspecified atom stereocenters. The zero-order valence-electron chi connectivity index (χ0n) is 14.5. The lowest BCUT2D eigenvalue weighted by molar-refractivity contribution is -0.139. The van der Waals surface area contributed by atoms with Gasteiger partial charge in [0.15, 0.2) is 12.4 Å². The SMILES string of the molecule is Cc1nc(C2(NC(=O)c3cccc(OCC(=O)O)c3)CCCCC2)no1. The lowest BCUT2D eigenvalue weighted by atomic mass is 9.80. The minimum absolute atomic E-state index is 0.282. The maximum absolute atomic E-state index is 12.8. The smallest absolute Gasteiger partial charge is 0.341 e. The summed E-state index contributed by atoms with van der Waals surface area (Å²) in [6, 6.07) is 6.44. The number of carboxylic acid groups (broad SMARTS) is 1. The van der Waals surface area contributed by atoms with Crippen LogP contribution in [-0.4, -0.2) is 33.7 Å². The molecule has 1 heterocycles. The van der Waals surface area contributed by atoms with E-state index in [-0.39, 0.29) is 5.91 Å². The first-order valence-corrected chi connectivity index (χ1v) is 8.56. The molecule has 0 bridgehead atoms. The number of amides is 1. The number of carbonyl (C=O) groups excluding carboxylic acids is 1. The summed E-state index contributed by atoms with van der Waals surface area (Å²) >= 11 is 0. The van der Waals surface area contributed by atoms with Crippen molar-refractivity contribution in [3.8, 4) is 5.75 Å². The van der Waals surface area contributed by atoms with Gasteiger partial charge in [-0.1, -0.05) is 30.5 Å². The van der Waals surface area contributed by atoms with E-state index in [1.165, 1.54) is 6.07 Å². The van der Waals surface area contributed by atoms with Crippen LogP contribution in [0.3, 0.4) is 0 Å². The normalized spacial score (nSPS) is 16.0. The van der Waals surface area contributed by atoms with E-state index in [1.807, 2.05) is 0 Å². The van der Waals surface area contributed by atoms with E-state index in [9.17, 15) is 9.59 Å². The molecule has 0 spiro atoms. The van der Waals surface area contributed by atoms with E-state index in [0.29, 0.717) is 23.0 Å². The number of hydrogen-bond acceptors (Lipinski definition) is 6. The Balaban J connectivity index is 1.80. The number of rotatable bonds is 6. The van der Waals surface area contributed by atoms with Gasteiger partial charge < -0.3 is 19.7 Å². The van der Waals surface area contributed by atoms with Crippen LogP contribution in [0, 0.1) is 6.92 Å². The fraction of sp³-hybridized carbons (Fsp3) is 0.444. The topological polar surface area (TPSA) is 115 Å². The predicted octanol–water partition coefficient (Wildman–Crippen LogP) is 2.43. The average Bonchev–Trinajstić information content (AvgIpc) is 3.08. The molecule has 1 fully saturated rings. The number of aryl methyl sites for hydroxylation is 1. The fourth-order valence-corrected chi connectivity index (χ4v) is 3.22. The van der Waals surface area contributed by atoms with Crippen molar-refractivity contribution in [2.45, 2.75) is 44.6 Å². The molecule has 0 aliphatic heterocycles. The molecule has 0 radical (unpaired) electrons. The number of carbonyl (C=O) groups is 2. The Morgan fingerprint density at radius 2 is 2.08 bits per heavy atom. The molecule has 1 aromatic heterocycles. The Labute approximate surface area is 150 Å². The largest absolute Gasteiger partial charge is 0.482 e. The summed E-state index contributed by atoms with van der Waals surface area (Å²) in [6.45, 7) is 1.26. The molecule has 1 saturated carbocycles. The molecule has 2 N–H and O–H groups in total. The molecule has 3 rings (SSSR count). The highest BCUT2D eigenvalue weighted by atomic mass is 16.5. The summed E-state index contributed by atoms with van der Waals surface area (Å²) < 4.78 is 10.3. The van der Waals surface area contributed by atoms with Crippen molar-refractivity contribution in [2.75, 3.05) is 6.61 Å². The maximum Gasteiger partial charge on any atom is 0.341 e. The van der Waals surface area contributed by atoms with Crippen LogP contribution in [0.25, 0.3) is 0 Å². The number of carboxylic acids is 1. The minimum Gasteiger partial charge on any atom is -0.482 e. The number of aromatic nitrogens is 2. The Hall–Kier alpha value is -2.90. The molecule has 8 nitrogen and oxygen atoms in total. The van der Waals surface area contributed by atoms with Gasteiger partial charge in [0.1, 0.15) is 11.3 Å². The fourth-order valence-electron chi connectivity index (χ4n) is 3.22. The summed E-state index contributed by atoms with van der Waals surface area (Å²) in [5.74, 6) is -0.0682. The highest BCUT2D eigenvalue weighted by Gasteiger charge is 2.39. The third-order valence-electron chi connectivity index (χ3n) is 4.47. The second-order valence-electron chi connectivity index (χ2n) is 6.44. The lowest BCUT2D eigenvalue weighted by Crippen LogP contribution is -2.48. The van der Waals surface area contributed by atoms with Crippen molar-refractivity contribution in [1.29, 1.82) is 0 Å². The van der Waals surface area contributed by atoms with Crippen LogP contribution >= 0.6 is 0 Å². The molecule has 1 aromatic carbocycles. The highest BCUT2D eigenvalue weighted by Crippen LogP contribution is 2.36. The molecule has 138 valence electrons. The van der Waals surface area contributed by atoms with Crippen LogP contribution in [0.1, 0.15) is 54.2 Å². The van der Waals surface area contributed by atoms with Gasteiger partial charge in [0.05, 0.1) is 0 Å². The standard InChI is InChI=1S/C18H21N3O5/c1-12-19-17(21-26-12)18(8-3-2-4-9-18)20-16(24)13-6-5-7-14(10-13)25-11-15(22)23/h5-7,10H,2-4,8-9,11H2,1H3,(H,20,24)(H,22,23). The van der Waals surface area contributed by atoms with Crippen molar-refractivity contribution in [2.24, 2.45) is 0 Å². The number of nitrogens with one attached hydrogen (secondary N) is 1. The highest BCUT2D eigenvalue weighted by molar-refractivity contribution is 5.95. The van der Waals surface area contributed by atoms with Crippen molar-refractivity contribution in [1.82, 2.24) is 15.5 Å². The van der Waals surface area contributed by atoms with Crippen molar-refractivity contribution in [3.63, 3.8) is 0 Å². The zero-order chi connectivity index (χ0) is 18.6. The van der Waals surface area contributed by atoms with Crippen molar-refractivity contribution >= 4 is 11.9 Å². The van der Waals surface area contributed by atoms with Gasteiger partial charge in [0, 0.05) is 12.5 Å². The summed E-state index contributed by atoms with van der Waals surface area (Å²) in [6.07, 6.45) is 4.53. The first kappa shape index (κ1) is 17.9. The Bertz CT molecular complexity index is 796. The van der Waals surface area contributed by atoms with Gasteiger partial charge >= 0.3 is 5.97 Å². The van der Waals surface area contributed by atoms with Crippen LogP contribution in [-0.2, 0) is 10.3 Å². The van der Waals surface area contributed by atoms with Crippen LogP contribution in [0.15, 0.2) is 28.8 Å². The predicted molar refractivity (Wildman–Crippen MR) is 90.8 cm³/mol. The molecule has 0 saturated heterocycles. The minimum atomic E-state index is -1.08. The lowest BCUT2D eigenvalue weighted by Gasteiger charge is -2.35. The van der Waals surface area contributed by atoms with E-state index in [0.717, 1.165) is 32.1 Å². The van der Waals surface area contributed by atoms with E-state index >= 15 is 0 Å². The van der Waals surface area contributed by atoms with E-state index in [2.05, 4.69) is 15.5 Å². The molecule has 2 aromatic rings. The van der Waals surface area contributed by atoms with Crippen LogP contribution in [0.5, 0.6) is 5.75 Å². The van der Waals surface area contributed by atoms with E-state index in [1.54, 1.807) is 25.1 Å². The van der Waals surface area contributed by atoms with E-state index < -0.39 is 18.1 Å². The van der Waals surface area contributed by atoms with Gasteiger partial charge in [-0.15, -0.1) is 0 Å². The van der Waals surface area contributed by atoms with Crippen LogP contribution < -0.4 is 10.1 Å². The number of aliphatic carboxylic acids is 1. The van der Waals surface area contributed by atoms with Gasteiger partial charge in [0.2, 0.25) is 5.89 Å². The van der Waals surface area contributed by atoms with Gasteiger partial charge in [-0.3, -0.25) is 4.79 Å². The first-order valence-electron chi connectivity index (χ1n) is 8.56. The van der Waals surface area contributed by atoms with Gasteiger partial charge in [-0.25, -0.2) is 4.79 Å². The molecule has 1 aliphatic carbocycles. The molecule has 0 atom stereocenters. The molecule has 1 amide bonds. The van der Waals surface area contributed by atoms with Gasteiger partial charge in [0.25, 0.3) is 5.91 Å². The molecule has 8 heteroatoms. The summed E-state index contributed by atoms with van der Waals surface area (Å²) in [5, 5.41) is 15.8. The monoisotopic (exact) mass is 359 g/mol. The van der Waals surface area contributed by atoms with Crippen molar-refractivity contribution < 1.29 is 24.0 Å². The maximum atomic E-state index is 12.8. The summed E-state index contributed by atoms with van der Waals surface area (Å²) in [7, 11) is 0. The van der Waals surface area contributed by atoms with Gasteiger partial charge in [-0.2, -0.15) is 4.98 Å². The van der Waals surface area contributed by atoms with Gasteiger partial charge in [-0.05, 0) is 31.0 Å². The van der Waals surface area contributed by atoms with Crippen molar-refractivity contribution in [3.05, 3.63) is 41.5 Å². The number of hydrogen-bond donors (Lipinski definition) is 2. The average molecular weight is 359 g/mol. The molecular weight excluding hydrogens is 338 g/mol. The first-order chi connectivity index (χ1) is 12.5. The van der Waals surface area contributed by atoms with Crippen LogP contribution in [0.2, 0.25) is 0 Å². The van der Waals surface area contributed by atoms with E-state index in [4.69, 9.17) is 14.4 Å².